The van der Waals surface area contributed by atoms with Gasteiger partial charge in [-0.15, -0.1) is 0 Å². The highest BCUT2D eigenvalue weighted by Crippen LogP contribution is 2.33. The van der Waals surface area contributed by atoms with Crippen molar-refractivity contribution < 1.29 is 9.53 Å². The fourth-order valence-corrected chi connectivity index (χ4v) is 2.85. The lowest BCUT2D eigenvalue weighted by atomic mass is 10.1. The Morgan fingerprint density at radius 2 is 2.18 bits per heavy atom. The van der Waals surface area contributed by atoms with Crippen molar-refractivity contribution in [3.05, 3.63) is 23.5 Å². The molecule has 0 radical (unpaired) electrons. The molecule has 1 saturated carbocycles. The molecule has 1 aromatic rings. The summed E-state index contributed by atoms with van der Waals surface area (Å²) in [6.45, 7) is 3.91. The van der Waals surface area contributed by atoms with E-state index in [0.717, 1.165) is 17.1 Å². The molecule has 2 aliphatic rings. The number of hydrogen-bond donors (Lipinski definition) is 0. The number of amides is 1. The van der Waals surface area contributed by atoms with E-state index < -0.39 is 0 Å². The minimum absolute atomic E-state index is 0.115. The molecular weight excluding hydrogens is 278 g/mol. The fourth-order valence-electron chi connectivity index (χ4n) is 2.85. The molecule has 1 aromatic heterocycles. The molecule has 1 aliphatic carbocycles. The number of aromatic nitrogens is 1. The van der Waals surface area contributed by atoms with Crippen LogP contribution in [0.5, 0.6) is 0 Å². The Labute approximate surface area is 132 Å². The van der Waals surface area contributed by atoms with Gasteiger partial charge in [-0.05, 0) is 37.8 Å². The summed E-state index contributed by atoms with van der Waals surface area (Å²) < 4.78 is 5.88. The summed E-state index contributed by atoms with van der Waals surface area (Å²) in [6.07, 6.45) is 3.02. The van der Waals surface area contributed by atoms with Gasteiger partial charge in [-0.2, -0.15) is 0 Å². The third-order valence-electron chi connectivity index (χ3n) is 4.38. The van der Waals surface area contributed by atoms with Gasteiger partial charge >= 0.3 is 0 Å². The van der Waals surface area contributed by atoms with Gasteiger partial charge in [0.05, 0.1) is 18.8 Å². The summed E-state index contributed by atoms with van der Waals surface area (Å²) in [5.41, 5.74) is 3.02. The predicted molar refractivity (Wildman–Crippen MR) is 85.9 cm³/mol. The largest absolute Gasteiger partial charge is 0.378 e. The van der Waals surface area contributed by atoms with Crippen molar-refractivity contribution in [3.8, 4) is 0 Å². The monoisotopic (exact) mass is 303 g/mol. The van der Waals surface area contributed by atoms with E-state index in [2.05, 4.69) is 22.0 Å². The van der Waals surface area contributed by atoms with Gasteiger partial charge < -0.3 is 14.5 Å². The smallest absolute Gasteiger partial charge is 0.223 e. The summed E-state index contributed by atoms with van der Waals surface area (Å²) in [7, 11) is 4.04. The van der Waals surface area contributed by atoms with E-state index in [-0.39, 0.29) is 12.0 Å². The maximum Gasteiger partial charge on any atom is 0.223 e. The number of carbonyl (C=O) groups excluding carboxylic acids is 1. The van der Waals surface area contributed by atoms with Crippen LogP contribution in [-0.2, 0) is 9.53 Å². The second kappa shape index (κ2) is 6.24. The van der Waals surface area contributed by atoms with Gasteiger partial charge in [0.2, 0.25) is 5.91 Å². The first-order chi connectivity index (χ1) is 10.5. The number of nitrogens with zero attached hydrogens (tertiary/aromatic N) is 3. The molecule has 2 fully saturated rings. The Morgan fingerprint density at radius 3 is 2.86 bits per heavy atom. The topological polar surface area (TPSA) is 45.7 Å². The van der Waals surface area contributed by atoms with Gasteiger partial charge in [-0.1, -0.05) is 0 Å². The average molecular weight is 303 g/mol. The maximum atomic E-state index is 12.3. The normalized spacial score (nSPS) is 21.8. The lowest BCUT2D eigenvalue weighted by Gasteiger charge is -2.33. The summed E-state index contributed by atoms with van der Waals surface area (Å²) >= 11 is 0. The third-order valence-corrected chi connectivity index (χ3v) is 4.38. The number of anilines is 1. The number of rotatable bonds is 4. The SMILES string of the molecule is Cc1cc(N(C)C)cc([C@H]2CN(C(=O)CC3CC3)CCO2)n1. The van der Waals surface area contributed by atoms with Gasteiger partial charge in [0.1, 0.15) is 6.10 Å². The van der Waals surface area contributed by atoms with Crippen molar-refractivity contribution in [1.82, 2.24) is 9.88 Å². The first-order valence-corrected chi connectivity index (χ1v) is 8.08. The molecule has 3 rings (SSSR count). The molecule has 5 nitrogen and oxygen atoms in total. The zero-order valence-corrected chi connectivity index (χ0v) is 13.7. The molecule has 0 spiro atoms. The van der Waals surface area contributed by atoms with Crippen LogP contribution in [0.25, 0.3) is 0 Å². The zero-order valence-electron chi connectivity index (χ0n) is 13.7. The fraction of sp³-hybridized carbons (Fsp3) is 0.647. The Balaban J connectivity index is 1.72. The highest BCUT2D eigenvalue weighted by molar-refractivity contribution is 5.76. The Hall–Kier alpha value is -1.62. The van der Waals surface area contributed by atoms with E-state index in [1.165, 1.54) is 12.8 Å². The van der Waals surface area contributed by atoms with Gasteiger partial charge in [-0.25, -0.2) is 0 Å². The maximum absolute atomic E-state index is 12.3. The standard InChI is InChI=1S/C17H25N3O2/c1-12-8-14(19(2)3)10-15(18-12)16-11-20(6-7-22-16)17(21)9-13-4-5-13/h8,10,13,16H,4-7,9,11H2,1-3H3/t16-/m1/s1. The van der Waals surface area contributed by atoms with Crippen LogP contribution in [0, 0.1) is 12.8 Å². The number of morpholine rings is 1. The number of carbonyl (C=O) groups is 1. The Morgan fingerprint density at radius 1 is 1.41 bits per heavy atom. The Kier molecular flexibility index (Phi) is 4.34. The average Bonchev–Trinajstić information content (AvgIpc) is 3.30. The summed E-state index contributed by atoms with van der Waals surface area (Å²) in [6, 6.07) is 4.12. The first-order valence-electron chi connectivity index (χ1n) is 8.08. The van der Waals surface area contributed by atoms with Crippen LogP contribution in [0.1, 0.15) is 36.8 Å². The molecule has 0 unspecified atom stereocenters. The quantitative estimate of drug-likeness (QED) is 0.855. The second-order valence-electron chi connectivity index (χ2n) is 6.63. The summed E-state index contributed by atoms with van der Waals surface area (Å²) in [5, 5.41) is 0. The molecule has 1 atom stereocenters. The minimum Gasteiger partial charge on any atom is -0.378 e. The molecule has 120 valence electrons. The molecule has 0 N–H and O–H groups in total. The molecule has 5 heteroatoms. The molecule has 1 amide bonds. The van der Waals surface area contributed by atoms with E-state index in [9.17, 15) is 4.79 Å². The third kappa shape index (κ3) is 3.58. The van der Waals surface area contributed by atoms with Gasteiger partial charge in [0.15, 0.2) is 0 Å². The van der Waals surface area contributed by atoms with E-state index in [4.69, 9.17) is 4.74 Å². The lowest BCUT2D eigenvalue weighted by molar-refractivity contribution is -0.139. The van der Waals surface area contributed by atoms with Crippen molar-refractivity contribution >= 4 is 11.6 Å². The zero-order chi connectivity index (χ0) is 15.7. The molecular formula is C17H25N3O2. The van der Waals surface area contributed by atoms with Crippen LogP contribution in [0.4, 0.5) is 5.69 Å². The van der Waals surface area contributed by atoms with Gasteiger partial charge in [0.25, 0.3) is 0 Å². The number of ether oxygens (including phenoxy) is 1. The van der Waals surface area contributed by atoms with Crippen molar-refractivity contribution in [2.24, 2.45) is 5.92 Å². The lowest BCUT2D eigenvalue weighted by Crippen LogP contribution is -2.42. The highest BCUT2D eigenvalue weighted by atomic mass is 16.5. The van der Waals surface area contributed by atoms with Crippen LogP contribution in [-0.4, -0.2) is 49.6 Å². The first kappa shape index (κ1) is 15.3. The van der Waals surface area contributed by atoms with Crippen molar-refractivity contribution in [1.29, 1.82) is 0 Å². The van der Waals surface area contributed by atoms with Gasteiger partial charge in [0, 0.05) is 38.4 Å². The van der Waals surface area contributed by atoms with Crippen molar-refractivity contribution in [2.45, 2.75) is 32.3 Å². The van der Waals surface area contributed by atoms with E-state index in [0.29, 0.717) is 32.0 Å². The van der Waals surface area contributed by atoms with Crippen molar-refractivity contribution in [3.63, 3.8) is 0 Å². The van der Waals surface area contributed by atoms with Crippen molar-refractivity contribution in [2.75, 3.05) is 38.7 Å². The van der Waals surface area contributed by atoms with Crippen LogP contribution in [0.3, 0.4) is 0 Å². The number of aryl methyl sites for hydroxylation is 1. The highest BCUT2D eigenvalue weighted by Gasteiger charge is 2.31. The van der Waals surface area contributed by atoms with Crippen LogP contribution in [0.2, 0.25) is 0 Å². The number of pyridine rings is 1. The molecule has 1 aliphatic heterocycles. The number of hydrogen-bond acceptors (Lipinski definition) is 4. The van der Waals surface area contributed by atoms with E-state index in [1.807, 2.05) is 25.9 Å². The van der Waals surface area contributed by atoms with Gasteiger partial charge in [-0.3, -0.25) is 9.78 Å². The predicted octanol–water partition coefficient (Wildman–Crippen LogP) is 2.16. The van der Waals surface area contributed by atoms with Crippen LogP contribution >= 0.6 is 0 Å². The Bertz CT molecular complexity index is 555. The van der Waals surface area contributed by atoms with Crippen LogP contribution < -0.4 is 4.90 Å². The molecule has 1 saturated heterocycles. The molecule has 0 aromatic carbocycles. The second-order valence-corrected chi connectivity index (χ2v) is 6.63. The van der Waals surface area contributed by atoms with Crippen LogP contribution in [0.15, 0.2) is 12.1 Å². The molecule has 2 heterocycles. The molecule has 22 heavy (non-hydrogen) atoms. The summed E-state index contributed by atoms with van der Waals surface area (Å²) in [5.74, 6) is 0.905. The van der Waals surface area contributed by atoms with E-state index in [1.54, 1.807) is 0 Å². The summed E-state index contributed by atoms with van der Waals surface area (Å²) in [4.78, 5) is 20.9. The minimum atomic E-state index is -0.115. The molecule has 0 bridgehead atoms. The van der Waals surface area contributed by atoms with E-state index >= 15 is 0 Å².